The van der Waals surface area contributed by atoms with E-state index in [0.29, 0.717) is 12.0 Å². The minimum atomic E-state index is 0.518. The topological polar surface area (TPSA) is 15.3 Å². The number of nitrogens with zero attached hydrogens (tertiary/aromatic N) is 1. The van der Waals surface area contributed by atoms with E-state index in [2.05, 4.69) is 48.5 Å². The second kappa shape index (κ2) is 6.69. The Kier molecular flexibility index (Phi) is 5.22. The summed E-state index contributed by atoms with van der Waals surface area (Å²) in [6.07, 6.45) is 2.72. The standard InChI is InChI=1S/C15H26N2S/c1-4-17-9-5-7-13(17)11-16-15(12(2)3)14-8-6-10-18-14/h6,8,10,12-13,15-16H,4-5,7,9,11H2,1-3H3. The van der Waals surface area contributed by atoms with Gasteiger partial charge in [-0.1, -0.05) is 26.8 Å². The Labute approximate surface area is 115 Å². The molecule has 102 valence electrons. The van der Waals surface area contributed by atoms with Crippen LogP contribution >= 0.6 is 11.3 Å². The first-order valence-electron chi connectivity index (χ1n) is 7.23. The molecule has 3 heteroatoms. The van der Waals surface area contributed by atoms with E-state index in [1.54, 1.807) is 0 Å². The molecule has 0 amide bonds. The summed E-state index contributed by atoms with van der Waals surface area (Å²) < 4.78 is 0. The zero-order valence-corrected chi connectivity index (χ0v) is 12.7. The van der Waals surface area contributed by atoms with Gasteiger partial charge in [0.05, 0.1) is 0 Å². The van der Waals surface area contributed by atoms with Gasteiger partial charge in [-0.05, 0) is 43.3 Å². The predicted molar refractivity (Wildman–Crippen MR) is 80.2 cm³/mol. The van der Waals surface area contributed by atoms with E-state index in [-0.39, 0.29) is 0 Å². The first kappa shape index (κ1) is 14.0. The van der Waals surface area contributed by atoms with Crippen LogP contribution in [0.5, 0.6) is 0 Å². The van der Waals surface area contributed by atoms with Crippen LogP contribution in [0.15, 0.2) is 17.5 Å². The predicted octanol–water partition coefficient (Wildman–Crippen LogP) is 3.52. The van der Waals surface area contributed by atoms with Gasteiger partial charge < -0.3 is 5.32 Å². The summed E-state index contributed by atoms with van der Waals surface area (Å²) in [5, 5.41) is 5.98. The van der Waals surface area contributed by atoms with Crippen LogP contribution in [-0.4, -0.2) is 30.6 Å². The molecule has 1 saturated heterocycles. The number of hydrogen-bond acceptors (Lipinski definition) is 3. The van der Waals surface area contributed by atoms with Gasteiger partial charge in [0.2, 0.25) is 0 Å². The summed E-state index contributed by atoms with van der Waals surface area (Å²) in [6.45, 7) is 10.5. The van der Waals surface area contributed by atoms with Crippen molar-refractivity contribution in [2.45, 2.75) is 45.7 Å². The van der Waals surface area contributed by atoms with Gasteiger partial charge in [0.15, 0.2) is 0 Å². The van der Waals surface area contributed by atoms with Gasteiger partial charge in [0, 0.05) is 23.5 Å². The van der Waals surface area contributed by atoms with Gasteiger partial charge in [0.25, 0.3) is 0 Å². The number of nitrogens with one attached hydrogen (secondary N) is 1. The minimum absolute atomic E-state index is 0.518. The van der Waals surface area contributed by atoms with Gasteiger partial charge in [-0.3, -0.25) is 4.90 Å². The van der Waals surface area contributed by atoms with E-state index < -0.39 is 0 Å². The summed E-state index contributed by atoms with van der Waals surface area (Å²) in [5.74, 6) is 0.653. The molecule has 2 atom stereocenters. The van der Waals surface area contributed by atoms with Gasteiger partial charge in [-0.15, -0.1) is 11.3 Å². The number of hydrogen-bond donors (Lipinski definition) is 1. The third-order valence-corrected chi connectivity index (χ3v) is 4.95. The van der Waals surface area contributed by atoms with Crippen molar-refractivity contribution in [1.82, 2.24) is 10.2 Å². The molecule has 2 rings (SSSR count). The molecule has 2 unspecified atom stereocenters. The van der Waals surface area contributed by atoms with Crippen LogP contribution in [-0.2, 0) is 0 Å². The highest BCUT2D eigenvalue weighted by Crippen LogP contribution is 2.26. The fourth-order valence-electron chi connectivity index (χ4n) is 2.94. The normalized spacial score (nSPS) is 22.8. The van der Waals surface area contributed by atoms with E-state index in [1.807, 2.05) is 11.3 Å². The Hall–Kier alpha value is -0.380. The number of thiophene rings is 1. The van der Waals surface area contributed by atoms with Crippen molar-refractivity contribution in [2.24, 2.45) is 5.92 Å². The third-order valence-electron chi connectivity index (χ3n) is 4.00. The van der Waals surface area contributed by atoms with Crippen LogP contribution in [0.3, 0.4) is 0 Å². The smallest absolute Gasteiger partial charge is 0.0438 e. The number of rotatable bonds is 6. The lowest BCUT2D eigenvalue weighted by Crippen LogP contribution is -2.40. The molecule has 0 bridgehead atoms. The van der Waals surface area contributed by atoms with Crippen molar-refractivity contribution in [3.05, 3.63) is 22.4 Å². The highest BCUT2D eigenvalue weighted by atomic mass is 32.1. The second-order valence-electron chi connectivity index (χ2n) is 5.57. The molecule has 2 heterocycles. The molecule has 1 aromatic heterocycles. The van der Waals surface area contributed by atoms with Crippen LogP contribution in [0, 0.1) is 5.92 Å². The average molecular weight is 266 g/mol. The van der Waals surface area contributed by atoms with Crippen LogP contribution in [0.2, 0.25) is 0 Å². The molecule has 1 N–H and O–H groups in total. The Morgan fingerprint density at radius 3 is 2.94 bits per heavy atom. The van der Waals surface area contributed by atoms with Gasteiger partial charge in [-0.2, -0.15) is 0 Å². The van der Waals surface area contributed by atoms with Gasteiger partial charge in [-0.25, -0.2) is 0 Å². The van der Waals surface area contributed by atoms with Crippen molar-refractivity contribution in [3.8, 4) is 0 Å². The highest BCUT2D eigenvalue weighted by molar-refractivity contribution is 7.10. The molecule has 0 aromatic carbocycles. The number of likely N-dealkylation sites (N-methyl/N-ethyl adjacent to an activating group) is 1. The zero-order chi connectivity index (χ0) is 13.0. The SMILES string of the molecule is CCN1CCCC1CNC(c1cccs1)C(C)C. The first-order chi connectivity index (χ1) is 8.72. The summed E-state index contributed by atoms with van der Waals surface area (Å²) in [6, 6.07) is 5.68. The van der Waals surface area contributed by atoms with E-state index >= 15 is 0 Å². The van der Waals surface area contributed by atoms with Gasteiger partial charge in [0.1, 0.15) is 0 Å². The molecule has 1 aliphatic rings. The summed E-state index contributed by atoms with van der Waals surface area (Å²) in [7, 11) is 0. The van der Waals surface area contributed by atoms with Crippen molar-refractivity contribution < 1.29 is 0 Å². The maximum Gasteiger partial charge on any atom is 0.0438 e. The fraction of sp³-hybridized carbons (Fsp3) is 0.733. The lowest BCUT2D eigenvalue weighted by molar-refractivity contribution is 0.247. The molecular formula is C15H26N2S. The summed E-state index contributed by atoms with van der Waals surface area (Å²) in [4.78, 5) is 4.09. The average Bonchev–Trinajstić information content (AvgIpc) is 2.99. The van der Waals surface area contributed by atoms with E-state index in [9.17, 15) is 0 Å². The lowest BCUT2D eigenvalue weighted by Gasteiger charge is -2.27. The molecular weight excluding hydrogens is 240 g/mol. The van der Waals surface area contributed by atoms with Crippen LogP contribution in [0.1, 0.15) is 44.5 Å². The third kappa shape index (κ3) is 3.34. The van der Waals surface area contributed by atoms with E-state index in [4.69, 9.17) is 0 Å². The maximum atomic E-state index is 3.80. The Balaban J connectivity index is 1.90. The maximum absolute atomic E-state index is 3.80. The molecule has 0 radical (unpaired) electrons. The molecule has 1 fully saturated rings. The zero-order valence-electron chi connectivity index (χ0n) is 11.9. The fourth-order valence-corrected chi connectivity index (χ4v) is 3.91. The molecule has 1 aromatic rings. The van der Waals surface area contributed by atoms with Crippen molar-refractivity contribution in [2.75, 3.05) is 19.6 Å². The van der Waals surface area contributed by atoms with Crippen molar-refractivity contribution in [3.63, 3.8) is 0 Å². The summed E-state index contributed by atoms with van der Waals surface area (Å²) in [5.41, 5.74) is 0. The van der Waals surface area contributed by atoms with Gasteiger partial charge >= 0.3 is 0 Å². The van der Waals surface area contributed by atoms with Crippen LogP contribution in [0.25, 0.3) is 0 Å². The first-order valence-corrected chi connectivity index (χ1v) is 8.11. The molecule has 2 nitrogen and oxygen atoms in total. The highest BCUT2D eigenvalue weighted by Gasteiger charge is 2.24. The van der Waals surface area contributed by atoms with Crippen molar-refractivity contribution in [1.29, 1.82) is 0 Å². The van der Waals surface area contributed by atoms with E-state index in [0.717, 1.165) is 12.6 Å². The Morgan fingerprint density at radius 1 is 1.50 bits per heavy atom. The number of likely N-dealkylation sites (tertiary alicyclic amines) is 1. The van der Waals surface area contributed by atoms with E-state index in [1.165, 1.54) is 30.8 Å². The molecule has 0 saturated carbocycles. The van der Waals surface area contributed by atoms with Crippen molar-refractivity contribution >= 4 is 11.3 Å². The summed E-state index contributed by atoms with van der Waals surface area (Å²) >= 11 is 1.87. The van der Waals surface area contributed by atoms with Crippen LogP contribution < -0.4 is 5.32 Å². The molecule has 1 aliphatic heterocycles. The molecule has 0 aliphatic carbocycles. The Bertz CT molecular complexity index is 334. The Morgan fingerprint density at radius 2 is 2.33 bits per heavy atom. The largest absolute Gasteiger partial charge is 0.307 e. The monoisotopic (exact) mass is 266 g/mol. The lowest BCUT2D eigenvalue weighted by atomic mass is 10.0. The van der Waals surface area contributed by atoms with Crippen LogP contribution in [0.4, 0.5) is 0 Å². The second-order valence-corrected chi connectivity index (χ2v) is 6.55. The molecule has 0 spiro atoms. The quantitative estimate of drug-likeness (QED) is 0.847. The molecule has 18 heavy (non-hydrogen) atoms. The minimum Gasteiger partial charge on any atom is -0.307 e.